The average molecular weight is 181 g/mol. The average Bonchev–Trinajstić information content (AvgIpc) is 2.87. The summed E-state index contributed by atoms with van der Waals surface area (Å²) in [5.74, 6) is 1.10. The summed E-state index contributed by atoms with van der Waals surface area (Å²) in [5, 5.41) is 0. The summed E-state index contributed by atoms with van der Waals surface area (Å²) in [6.07, 6.45) is 8.79. The Bertz CT molecular complexity index is 153. The molecule has 13 heavy (non-hydrogen) atoms. The molecule has 0 N–H and O–H groups in total. The third kappa shape index (κ3) is 2.46. The number of rotatable bonds is 3. The Morgan fingerprint density at radius 2 is 1.62 bits per heavy atom. The number of piperidine rings is 1. The van der Waals surface area contributed by atoms with Crippen molar-refractivity contribution in [3.63, 3.8) is 0 Å². The molecule has 0 aromatic heterocycles. The summed E-state index contributed by atoms with van der Waals surface area (Å²) in [7, 11) is 0. The van der Waals surface area contributed by atoms with Crippen molar-refractivity contribution in [2.75, 3.05) is 6.54 Å². The monoisotopic (exact) mass is 181 g/mol. The van der Waals surface area contributed by atoms with Crippen molar-refractivity contribution in [2.24, 2.45) is 5.92 Å². The smallest absolute Gasteiger partial charge is 0.00697 e. The summed E-state index contributed by atoms with van der Waals surface area (Å²) in [5.41, 5.74) is 0. The molecule has 0 unspecified atom stereocenters. The van der Waals surface area contributed by atoms with Gasteiger partial charge >= 0.3 is 0 Å². The van der Waals surface area contributed by atoms with Crippen molar-refractivity contribution >= 4 is 0 Å². The maximum Gasteiger partial charge on any atom is 0.00697 e. The summed E-state index contributed by atoms with van der Waals surface area (Å²) >= 11 is 0. The highest BCUT2D eigenvalue weighted by Gasteiger charge is 2.27. The Balaban J connectivity index is 1.78. The van der Waals surface area contributed by atoms with Gasteiger partial charge in [-0.1, -0.05) is 19.3 Å². The topological polar surface area (TPSA) is 3.24 Å². The number of hydrogen-bond acceptors (Lipinski definition) is 1. The maximum absolute atomic E-state index is 2.74. The minimum atomic E-state index is 0.850. The van der Waals surface area contributed by atoms with Crippen LogP contribution in [0.15, 0.2) is 0 Å². The van der Waals surface area contributed by atoms with Crippen LogP contribution >= 0.6 is 0 Å². The molecule has 1 heterocycles. The first kappa shape index (κ1) is 9.51. The minimum Gasteiger partial charge on any atom is -0.298 e. The highest BCUT2D eigenvalue weighted by molar-refractivity contribution is 4.82. The Kier molecular flexibility index (Phi) is 2.92. The second kappa shape index (κ2) is 4.00. The van der Waals surface area contributed by atoms with Gasteiger partial charge in [-0.25, -0.2) is 0 Å². The van der Waals surface area contributed by atoms with E-state index in [0.717, 1.165) is 18.0 Å². The van der Waals surface area contributed by atoms with Gasteiger partial charge in [-0.05, 0) is 45.6 Å². The van der Waals surface area contributed by atoms with E-state index >= 15 is 0 Å². The Hall–Kier alpha value is -0.0400. The van der Waals surface area contributed by atoms with Crippen molar-refractivity contribution in [1.82, 2.24) is 4.90 Å². The molecule has 0 bridgehead atoms. The molecule has 2 rings (SSSR count). The number of likely N-dealkylation sites (tertiary alicyclic amines) is 1. The lowest BCUT2D eigenvalue weighted by molar-refractivity contribution is 0.100. The lowest BCUT2D eigenvalue weighted by Gasteiger charge is -2.39. The van der Waals surface area contributed by atoms with Gasteiger partial charge in [0.2, 0.25) is 0 Å². The number of nitrogens with zero attached hydrogens (tertiary/aromatic N) is 1. The zero-order valence-corrected chi connectivity index (χ0v) is 9.13. The SMILES string of the molecule is C[C@@H]1CCC[C@@H](C)N1CCC1CC1. The molecule has 0 spiro atoms. The van der Waals surface area contributed by atoms with Crippen LogP contribution in [0.4, 0.5) is 0 Å². The standard InChI is InChI=1S/C12H23N/c1-10-4-3-5-11(2)13(10)9-8-12-6-7-12/h10-12H,3-9H2,1-2H3/t10-,11-/m1/s1. The van der Waals surface area contributed by atoms with E-state index in [1.165, 1.54) is 45.1 Å². The third-order valence-electron chi connectivity index (χ3n) is 3.87. The van der Waals surface area contributed by atoms with E-state index in [1.54, 1.807) is 0 Å². The molecule has 1 nitrogen and oxygen atoms in total. The van der Waals surface area contributed by atoms with E-state index in [1.807, 2.05) is 0 Å². The molecule has 0 amide bonds. The zero-order valence-electron chi connectivity index (χ0n) is 9.13. The van der Waals surface area contributed by atoms with Crippen LogP contribution in [-0.4, -0.2) is 23.5 Å². The molecule has 1 saturated heterocycles. The van der Waals surface area contributed by atoms with E-state index in [0.29, 0.717) is 0 Å². The quantitative estimate of drug-likeness (QED) is 0.647. The summed E-state index contributed by atoms with van der Waals surface area (Å²) in [4.78, 5) is 2.74. The Morgan fingerprint density at radius 1 is 1.00 bits per heavy atom. The molecule has 2 aliphatic rings. The van der Waals surface area contributed by atoms with Crippen LogP contribution in [-0.2, 0) is 0 Å². The van der Waals surface area contributed by atoms with E-state index in [2.05, 4.69) is 18.7 Å². The van der Waals surface area contributed by atoms with Crippen molar-refractivity contribution in [1.29, 1.82) is 0 Å². The fraction of sp³-hybridized carbons (Fsp3) is 1.00. The van der Waals surface area contributed by atoms with Crippen LogP contribution in [0.2, 0.25) is 0 Å². The van der Waals surface area contributed by atoms with Gasteiger partial charge in [0.1, 0.15) is 0 Å². The summed E-state index contributed by atoms with van der Waals surface area (Å²) < 4.78 is 0. The molecule has 1 aliphatic heterocycles. The zero-order chi connectivity index (χ0) is 9.26. The second-order valence-electron chi connectivity index (χ2n) is 5.10. The van der Waals surface area contributed by atoms with Crippen LogP contribution in [0, 0.1) is 5.92 Å². The highest BCUT2D eigenvalue weighted by atomic mass is 15.2. The first-order chi connectivity index (χ1) is 6.27. The van der Waals surface area contributed by atoms with Crippen LogP contribution < -0.4 is 0 Å². The van der Waals surface area contributed by atoms with Gasteiger partial charge in [0.25, 0.3) is 0 Å². The molecule has 0 radical (unpaired) electrons. The van der Waals surface area contributed by atoms with Gasteiger partial charge in [-0.2, -0.15) is 0 Å². The predicted molar refractivity (Wildman–Crippen MR) is 56.8 cm³/mol. The van der Waals surface area contributed by atoms with Gasteiger partial charge in [-0.3, -0.25) is 4.90 Å². The summed E-state index contributed by atoms with van der Waals surface area (Å²) in [6.45, 7) is 6.18. The van der Waals surface area contributed by atoms with Crippen LogP contribution in [0.3, 0.4) is 0 Å². The molecular weight excluding hydrogens is 158 g/mol. The van der Waals surface area contributed by atoms with E-state index < -0.39 is 0 Å². The van der Waals surface area contributed by atoms with Crippen LogP contribution in [0.5, 0.6) is 0 Å². The van der Waals surface area contributed by atoms with Gasteiger partial charge < -0.3 is 0 Å². The molecule has 1 aliphatic carbocycles. The maximum atomic E-state index is 2.74. The lowest BCUT2D eigenvalue weighted by atomic mass is 9.97. The van der Waals surface area contributed by atoms with Gasteiger partial charge in [-0.15, -0.1) is 0 Å². The molecule has 1 heteroatoms. The van der Waals surface area contributed by atoms with Crippen LogP contribution in [0.1, 0.15) is 52.4 Å². The molecule has 1 saturated carbocycles. The largest absolute Gasteiger partial charge is 0.298 e. The molecule has 0 aromatic carbocycles. The first-order valence-electron chi connectivity index (χ1n) is 6.03. The molecule has 2 fully saturated rings. The fourth-order valence-electron chi connectivity index (χ4n) is 2.65. The van der Waals surface area contributed by atoms with Gasteiger partial charge in [0.05, 0.1) is 0 Å². The van der Waals surface area contributed by atoms with E-state index in [9.17, 15) is 0 Å². The second-order valence-corrected chi connectivity index (χ2v) is 5.10. The van der Waals surface area contributed by atoms with Gasteiger partial charge in [0.15, 0.2) is 0 Å². The Morgan fingerprint density at radius 3 is 2.15 bits per heavy atom. The van der Waals surface area contributed by atoms with Gasteiger partial charge in [0, 0.05) is 12.1 Å². The molecule has 2 atom stereocenters. The fourth-order valence-corrected chi connectivity index (χ4v) is 2.65. The predicted octanol–water partition coefficient (Wildman–Crippen LogP) is 3.05. The van der Waals surface area contributed by atoms with Crippen molar-refractivity contribution in [3.8, 4) is 0 Å². The van der Waals surface area contributed by atoms with E-state index in [4.69, 9.17) is 0 Å². The number of hydrogen-bond donors (Lipinski definition) is 0. The summed E-state index contributed by atoms with van der Waals surface area (Å²) in [6, 6.07) is 1.70. The molecule has 0 aromatic rings. The normalized spacial score (nSPS) is 36.5. The van der Waals surface area contributed by atoms with Crippen molar-refractivity contribution in [2.45, 2.75) is 64.5 Å². The van der Waals surface area contributed by atoms with Crippen molar-refractivity contribution in [3.05, 3.63) is 0 Å². The van der Waals surface area contributed by atoms with Crippen LogP contribution in [0.25, 0.3) is 0 Å². The minimum absolute atomic E-state index is 0.850. The first-order valence-corrected chi connectivity index (χ1v) is 6.03. The van der Waals surface area contributed by atoms with Crippen molar-refractivity contribution < 1.29 is 0 Å². The lowest BCUT2D eigenvalue weighted by Crippen LogP contribution is -2.44. The third-order valence-corrected chi connectivity index (χ3v) is 3.87. The molecule has 76 valence electrons. The van der Waals surface area contributed by atoms with E-state index in [-0.39, 0.29) is 0 Å². The highest BCUT2D eigenvalue weighted by Crippen LogP contribution is 2.33. The molecular formula is C12H23N. The Labute approximate surface area is 82.5 Å².